The Morgan fingerprint density at radius 1 is 0.377 bits per heavy atom. The monoisotopic (exact) mass is 785 g/mol. The summed E-state index contributed by atoms with van der Waals surface area (Å²) in [5.74, 6) is 0. The zero-order valence-corrected chi connectivity index (χ0v) is 35.6. The molecule has 1 N–H and O–H groups in total. The van der Waals surface area contributed by atoms with E-state index in [2.05, 4.69) is 215 Å². The van der Waals surface area contributed by atoms with Crippen LogP contribution in [0.15, 0.2) is 196 Å². The van der Waals surface area contributed by atoms with Crippen LogP contribution in [-0.4, -0.2) is 0 Å². The van der Waals surface area contributed by atoms with Gasteiger partial charge in [-0.3, -0.25) is 0 Å². The predicted molar refractivity (Wildman–Crippen MR) is 264 cm³/mol. The van der Waals surface area contributed by atoms with Crippen molar-refractivity contribution in [2.24, 2.45) is 0 Å². The minimum Gasteiger partial charge on any atom is -0.355 e. The second kappa shape index (κ2) is 15.8. The van der Waals surface area contributed by atoms with Crippen LogP contribution in [0.1, 0.15) is 77.8 Å². The first-order chi connectivity index (χ1) is 29.9. The summed E-state index contributed by atoms with van der Waals surface area (Å²) < 4.78 is 0. The summed E-state index contributed by atoms with van der Waals surface area (Å²) in [6, 6.07) is 63.9. The van der Waals surface area contributed by atoms with E-state index >= 15 is 0 Å². The average molecular weight is 786 g/mol. The third-order valence-corrected chi connectivity index (χ3v) is 12.9. The molecular weight excluding hydrogens is 735 g/mol. The highest BCUT2D eigenvalue weighted by atomic mass is 14.9. The lowest BCUT2D eigenvalue weighted by Crippen LogP contribution is -2.26. The molecule has 8 aromatic rings. The van der Waals surface area contributed by atoms with Gasteiger partial charge in [-0.25, -0.2) is 0 Å². The van der Waals surface area contributed by atoms with E-state index in [1.54, 1.807) is 0 Å². The van der Waals surface area contributed by atoms with E-state index in [4.69, 9.17) is 0 Å². The lowest BCUT2D eigenvalue weighted by atomic mass is 9.70. The molecule has 1 nitrogen and oxygen atoms in total. The minimum absolute atomic E-state index is 0.102. The Morgan fingerprint density at radius 3 is 1.36 bits per heavy atom. The Hall–Kier alpha value is -7.22. The van der Waals surface area contributed by atoms with Gasteiger partial charge in [0.25, 0.3) is 0 Å². The third-order valence-electron chi connectivity index (χ3n) is 12.9. The summed E-state index contributed by atoms with van der Waals surface area (Å²) in [5, 5.41) is 3.80. The molecule has 0 unspecified atom stereocenters. The molecule has 0 heterocycles. The average Bonchev–Trinajstić information content (AvgIpc) is 3.87. The molecule has 0 aromatic heterocycles. The van der Waals surface area contributed by atoms with Crippen LogP contribution in [-0.2, 0) is 10.8 Å². The number of anilines is 2. The molecule has 0 amide bonds. The van der Waals surface area contributed by atoms with Crippen LogP contribution in [0.4, 0.5) is 11.4 Å². The molecule has 0 fully saturated rings. The fraction of sp³-hybridized carbons (Fsp3) is 0.100. The van der Waals surface area contributed by atoms with Crippen molar-refractivity contribution in [3.8, 4) is 44.5 Å². The molecule has 8 aromatic carbocycles. The first-order valence-electron chi connectivity index (χ1n) is 21.4. The number of hydrogen-bond donors (Lipinski definition) is 1. The SMILES string of the molecule is C=Cc1ccc(-c2ccccc2Nc2ccc3c(c2)C2(c4ccccc4-c4ccccc42)c2cc(C=C)ccc2-3)cc1.C=Cc1ccc2c(c1)C(C)(C)c1ccccc1-2.CC. The van der Waals surface area contributed by atoms with Crippen molar-refractivity contribution >= 4 is 29.6 Å². The van der Waals surface area contributed by atoms with Crippen molar-refractivity contribution < 1.29 is 0 Å². The number of rotatable bonds is 6. The number of fused-ring (bicyclic) bond motifs is 13. The van der Waals surface area contributed by atoms with Crippen LogP contribution in [0.2, 0.25) is 0 Å². The van der Waals surface area contributed by atoms with Crippen molar-refractivity contribution in [3.05, 3.63) is 246 Å². The predicted octanol–water partition coefficient (Wildman–Crippen LogP) is 16.4. The van der Waals surface area contributed by atoms with Crippen LogP contribution < -0.4 is 5.32 Å². The quantitative estimate of drug-likeness (QED) is 0.177. The molecule has 3 aliphatic carbocycles. The normalized spacial score (nSPS) is 13.4. The number of benzene rings is 8. The number of para-hydroxylation sites is 1. The Labute approximate surface area is 362 Å². The van der Waals surface area contributed by atoms with Gasteiger partial charge in [0.15, 0.2) is 0 Å². The first kappa shape index (κ1) is 39.3. The van der Waals surface area contributed by atoms with Gasteiger partial charge in [-0.15, -0.1) is 0 Å². The van der Waals surface area contributed by atoms with Crippen LogP contribution in [0.3, 0.4) is 0 Å². The Kier molecular flexibility index (Phi) is 10.1. The van der Waals surface area contributed by atoms with Crippen LogP contribution in [0.25, 0.3) is 62.7 Å². The summed E-state index contributed by atoms with van der Waals surface area (Å²) in [6.45, 7) is 20.4. The molecule has 0 radical (unpaired) electrons. The second-order valence-electron chi connectivity index (χ2n) is 16.3. The van der Waals surface area contributed by atoms with Crippen molar-refractivity contribution in [1.82, 2.24) is 0 Å². The van der Waals surface area contributed by atoms with E-state index in [-0.39, 0.29) is 5.41 Å². The Balaban J connectivity index is 0.000000209. The standard InChI is InChI=1S/C41H29N.C17H16.C2H6/c1-3-27-17-20-29(21-18-27)31-11-7-10-16-40(31)42-30-22-24-35-34-23-19-28(4-2)25-38(34)41(39(35)26-30)36-14-8-5-12-32(36)33-13-6-9-15-37(33)41;1-4-12-9-10-14-13-7-5-6-8-15(13)17(2,3)16(14)11-12;1-2/h3-26,42H,1-2H2;4-11H,1H2,2-3H3;1-2H3. The van der Waals surface area contributed by atoms with E-state index in [0.717, 1.165) is 22.5 Å². The van der Waals surface area contributed by atoms with Crippen molar-refractivity contribution in [2.45, 2.75) is 38.5 Å². The minimum atomic E-state index is -0.394. The maximum Gasteiger partial charge on any atom is 0.0726 e. The molecule has 1 spiro atoms. The number of hydrogen-bond acceptors (Lipinski definition) is 1. The van der Waals surface area contributed by atoms with Crippen molar-refractivity contribution in [2.75, 3.05) is 5.32 Å². The molecule has 11 rings (SSSR count). The van der Waals surface area contributed by atoms with Gasteiger partial charge < -0.3 is 5.32 Å². The molecule has 0 saturated carbocycles. The molecule has 3 aliphatic rings. The largest absolute Gasteiger partial charge is 0.355 e. The van der Waals surface area contributed by atoms with Gasteiger partial charge in [0.05, 0.1) is 5.41 Å². The van der Waals surface area contributed by atoms with Gasteiger partial charge in [0, 0.05) is 22.4 Å². The summed E-state index contributed by atoms with van der Waals surface area (Å²) >= 11 is 0. The molecular formula is C60H51N. The highest BCUT2D eigenvalue weighted by Crippen LogP contribution is 2.63. The van der Waals surface area contributed by atoms with E-state index in [9.17, 15) is 0 Å². The summed E-state index contributed by atoms with van der Waals surface area (Å²) in [7, 11) is 0. The zero-order chi connectivity index (χ0) is 42.3. The summed E-state index contributed by atoms with van der Waals surface area (Å²) in [6.07, 6.45) is 5.75. The molecule has 0 atom stereocenters. The molecule has 0 bridgehead atoms. The fourth-order valence-corrected chi connectivity index (χ4v) is 10.0. The molecule has 1 heteroatoms. The van der Waals surface area contributed by atoms with Gasteiger partial charge in [0.1, 0.15) is 0 Å². The van der Waals surface area contributed by atoms with E-state index < -0.39 is 5.41 Å². The molecule has 0 aliphatic heterocycles. The maximum absolute atomic E-state index is 4.10. The topological polar surface area (TPSA) is 12.0 Å². The van der Waals surface area contributed by atoms with Crippen molar-refractivity contribution in [1.29, 1.82) is 0 Å². The highest BCUT2D eigenvalue weighted by Gasteiger charge is 2.51. The van der Waals surface area contributed by atoms with Crippen LogP contribution in [0, 0.1) is 0 Å². The summed E-state index contributed by atoms with van der Waals surface area (Å²) in [4.78, 5) is 0. The van der Waals surface area contributed by atoms with Gasteiger partial charge in [0.2, 0.25) is 0 Å². The third kappa shape index (κ3) is 6.23. The van der Waals surface area contributed by atoms with E-state index in [1.807, 2.05) is 32.1 Å². The second-order valence-corrected chi connectivity index (χ2v) is 16.3. The molecule has 61 heavy (non-hydrogen) atoms. The van der Waals surface area contributed by atoms with Gasteiger partial charge in [-0.1, -0.05) is 217 Å². The Bertz CT molecular complexity index is 2950. The lowest BCUT2D eigenvalue weighted by Gasteiger charge is -2.31. The van der Waals surface area contributed by atoms with Gasteiger partial charge in [-0.2, -0.15) is 0 Å². The fourth-order valence-electron chi connectivity index (χ4n) is 10.0. The molecule has 0 saturated heterocycles. The zero-order valence-electron chi connectivity index (χ0n) is 35.6. The van der Waals surface area contributed by atoms with Gasteiger partial charge in [-0.05, 0) is 113 Å². The summed E-state index contributed by atoms with van der Waals surface area (Å²) in [5.41, 5.74) is 23.7. The smallest absolute Gasteiger partial charge is 0.0726 e. The maximum atomic E-state index is 4.10. The van der Waals surface area contributed by atoms with E-state index in [0.29, 0.717) is 0 Å². The van der Waals surface area contributed by atoms with Gasteiger partial charge >= 0.3 is 0 Å². The molecule has 296 valence electrons. The van der Waals surface area contributed by atoms with E-state index in [1.165, 1.54) is 83.5 Å². The Morgan fingerprint density at radius 2 is 0.787 bits per heavy atom. The van der Waals surface area contributed by atoms with Crippen LogP contribution in [0.5, 0.6) is 0 Å². The lowest BCUT2D eigenvalue weighted by molar-refractivity contribution is 0.660. The first-order valence-corrected chi connectivity index (χ1v) is 21.4. The van der Waals surface area contributed by atoms with Crippen molar-refractivity contribution in [3.63, 3.8) is 0 Å². The highest BCUT2D eigenvalue weighted by molar-refractivity contribution is 5.96. The number of nitrogens with one attached hydrogen (secondary N) is 1. The van der Waals surface area contributed by atoms with Crippen LogP contribution >= 0.6 is 0 Å².